The summed E-state index contributed by atoms with van der Waals surface area (Å²) in [5.74, 6) is -0.0745. The van der Waals surface area contributed by atoms with E-state index in [0.717, 1.165) is 38.6 Å². The summed E-state index contributed by atoms with van der Waals surface area (Å²) < 4.78 is 0. The molecule has 0 saturated carbocycles. The van der Waals surface area contributed by atoms with Crippen LogP contribution in [-0.4, -0.2) is 12.5 Å². The van der Waals surface area contributed by atoms with Crippen LogP contribution in [0.3, 0.4) is 0 Å². The number of hydrogen-bond donors (Lipinski definition) is 2. The van der Waals surface area contributed by atoms with Crippen molar-refractivity contribution in [1.29, 1.82) is 0 Å². The zero-order valence-corrected chi connectivity index (χ0v) is 9.36. The molecular formula is C11H22N2O. The SMILES string of the molecule is C=C(CCCC)C(=O)NNCCCC. The highest BCUT2D eigenvalue weighted by Crippen LogP contribution is 2.03. The van der Waals surface area contributed by atoms with E-state index in [-0.39, 0.29) is 5.91 Å². The molecule has 0 saturated heterocycles. The summed E-state index contributed by atoms with van der Waals surface area (Å²) in [6.45, 7) is 8.78. The summed E-state index contributed by atoms with van der Waals surface area (Å²) >= 11 is 0. The third kappa shape index (κ3) is 6.66. The van der Waals surface area contributed by atoms with Crippen molar-refractivity contribution in [2.75, 3.05) is 6.54 Å². The number of carbonyl (C=O) groups excluding carboxylic acids is 1. The molecule has 0 bridgehead atoms. The molecule has 0 radical (unpaired) electrons. The molecule has 0 aliphatic rings. The largest absolute Gasteiger partial charge is 0.288 e. The standard InChI is InChI=1S/C11H22N2O/c1-4-6-8-10(3)11(14)13-12-9-7-5-2/h12H,3-9H2,1-2H3,(H,13,14). The summed E-state index contributed by atoms with van der Waals surface area (Å²) in [6, 6.07) is 0. The molecule has 3 heteroatoms. The van der Waals surface area contributed by atoms with Crippen molar-refractivity contribution >= 4 is 5.91 Å². The Kier molecular flexibility index (Phi) is 8.24. The number of nitrogens with one attached hydrogen (secondary N) is 2. The molecule has 0 aromatic heterocycles. The number of carbonyl (C=O) groups is 1. The van der Waals surface area contributed by atoms with Gasteiger partial charge in [0, 0.05) is 12.1 Å². The van der Waals surface area contributed by atoms with Crippen LogP contribution in [0.5, 0.6) is 0 Å². The lowest BCUT2D eigenvalue weighted by Crippen LogP contribution is -2.38. The second-order valence-electron chi connectivity index (χ2n) is 3.44. The lowest BCUT2D eigenvalue weighted by Gasteiger charge is -2.07. The lowest BCUT2D eigenvalue weighted by molar-refractivity contribution is -0.118. The van der Waals surface area contributed by atoms with E-state index in [4.69, 9.17) is 0 Å². The Morgan fingerprint density at radius 3 is 2.43 bits per heavy atom. The fourth-order valence-corrected chi connectivity index (χ4v) is 1.00. The maximum Gasteiger partial charge on any atom is 0.260 e. The van der Waals surface area contributed by atoms with Crippen LogP contribution in [-0.2, 0) is 4.79 Å². The van der Waals surface area contributed by atoms with Crippen molar-refractivity contribution in [3.8, 4) is 0 Å². The number of hydrazine groups is 1. The monoisotopic (exact) mass is 198 g/mol. The first-order valence-corrected chi connectivity index (χ1v) is 5.43. The molecule has 2 N–H and O–H groups in total. The molecule has 82 valence electrons. The Morgan fingerprint density at radius 1 is 1.21 bits per heavy atom. The zero-order chi connectivity index (χ0) is 10.8. The quantitative estimate of drug-likeness (QED) is 0.356. The highest BCUT2D eigenvalue weighted by molar-refractivity contribution is 5.92. The molecule has 0 aromatic carbocycles. The molecule has 0 fully saturated rings. The lowest BCUT2D eigenvalue weighted by atomic mass is 10.1. The van der Waals surface area contributed by atoms with E-state index < -0.39 is 0 Å². The van der Waals surface area contributed by atoms with Gasteiger partial charge in [0.2, 0.25) is 0 Å². The highest BCUT2D eigenvalue weighted by Gasteiger charge is 2.04. The third-order valence-corrected chi connectivity index (χ3v) is 2.01. The molecular weight excluding hydrogens is 176 g/mol. The van der Waals surface area contributed by atoms with E-state index in [9.17, 15) is 4.79 Å². The zero-order valence-electron chi connectivity index (χ0n) is 9.36. The first-order chi connectivity index (χ1) is 6.72. The summed E-state index contributed by atoms with van der Waals surface area (Å²) in [5, 5.41) is 0. The van der Waals surface area contributed by atoms with Gasteiger partial charge in [-0.1, -0.05) is 33.3 Å². The van der Waals surface area contributed by atoms with Crippen LogP contribution < -0.4 is 10.9 Å². The Labute approximate surface area is 86.9 Å². The molecule has 1 amide bonds. The second kappa shape index (κ2) is 8.75. The van der Waals surface area contributed by atoms with Gasteiger partial charge in [-0.25, -0.2) is 5.43 Å². The van der Waals surface area contributed by atoms with Crippen LogP contribution in [0.2, 0.25) is 0 Å². The smallest absolute Gasteiger partial charge is 0.260 e. The van der Waals surface area contributed by atoms with Crippen LogP contribution in [0.15, 0.2) is 12.2 Å². The Balaban J connectivity index is 3.47. The molecule has 0 aromatic rings. The molecule has 0 heterocycles. The van der Waals surface area contributed by atoms with Crippen molar-refractivity contribution in [1.82, 2.24) is 10.9 Å². The topological polar surface area (TPSA) is 41.1 Å². The van der Waals surface area contributed by atoms with Crippen LogP contribution in [0.4, 0.5) is 0 Å². The molecule has 0 spiro atoms. The van der Waals surface area contributed by atoms with E-state index in [1.54, 1.807) is 0 Å². The summed E-state index contributed by atoms with van der Waals surface area (Å²) in [4.78, 5) is 11.3. The van der Waals surface area contributed by atoms with Gasteiger partial charge in [0.15, 0.2) is 0 Å². The Hall–Kier alpha value is -0.830. The van der Waals surface area contributed by atoms with Gasteiger partial charge in [-0.15, -0.1) is 0 Å². The van der Waals surface area contributed by atoms with Crippen molar-refractivity contribution in [2.24, 2.45) is 0 Å². The van der Waals surface area contributed by atoms with Gasteiger partial charge in [0.05, 0.1) is 0 Å². The second-order valence-corrected chi connectivity index (χ2v) is 3.44. The minimum absolute atomic E-state index is 0.0745. The van der Waals surface area contributed by atoms with E-state index in [1.807, 2.05) is 0 Å². The normalized spacial score (nSPS) is 9.86. The van der Waals surface area contributed by atoms with E-state index in [0.29, 0.717) is 5.57 Å². The van der Waals surface area contributed by atoms with E-state index >= 15 is 0 Å². The number of hydrogen-bond acceptors (Lipinski definition) is 2. The van der Waals surface area contributed by atoms with Crippen molar-refractivity contribution < 1.29 is 4.79 Å². The maximum absolute atomic E-state index is 11.3. The first kappa shape index (κ1) is 13.2. The van der Waals surface area contributed by atoms with Crippen LogP contribution in [0.25, 0.3) is 0 Å². The predicted octanol–water partition coefficient (Wildman–Crippen LogP) is 2.15. The number of unbranched alkanes of at least 4 members (excludes halogenated alkanes) is 2. The van der Waals surface area contributed by atoms with Gasteiger partial charge < -0.3 is 0 Å². The summed E-state index contributed by atoms with van der Waals surface area (Å²) in [6.07, 6.45) is 5.11. The number of rotatable bonds is 8. The van der Waals surface area contributed by atoms with Gasteiger partial charge in [-0.3, -0.25) is 10.2 Å². The first-order valence-electron chi connectivity index (χ1n) is 5.43. The predicted molar refractivity (Wildman–Crippen MR) is 59.7 cm³/mol. The van der Waals surface area contributed by atoms with E-state index in [1.165, 1.54) is 0 Å². The third-order valence-electron chi connectivity index (χ3n) is 2.01. The van der Waals surface area contributed by atoms with Crippen molar-refractivity contribution in [3.63, 3.8) is 0 Å². The summed E-state index contributed by atoms with van der Waals surface area (Å²) in [7, 11) is 0. The van der Waals surface area contributed by atoms with Gasteiger partial charge in [-0.05, 0) is 19.3 Å². The van der Waals surface area contributed by atoms with Crippen LogP contribution >= 0.6 is 0 Å². The minimum Gasteiger partial charge on any atom is -0.288 e. The number of amides is 1. The van der Waals surface area contributed by atoms with Gasteiger partial charge in [-0.2, -0.15) is 0 Å². The van der Waals surface area contributed by atoms with Gasteiger partial charge in [0.25, 0.3) is 5.91 Å². The fourth-order valence-electron chi connectivity index (χ4n) is 1.00. The molecule has 0 aliphatic carbocycles. The van der Waals surface area contributed by atoms with Crippen LogP contribution in [0, 0.1) is 0 Å². The van der Waals surface area contributed by atoms with Crippen molar-refractivity contribution in [3.05, 3.63) is 12.2 Å². The maximum atomic E-state index is 11.3. The average Bonchev–Trinajstić information content (AvgIpc) is 2.20. The molecule has 14 heavy (non-hydrogen) atoms. The average molecular weight is 198 g/mol. The van der Waals surface area contributed by atoms with E-state index in [2.05, 4.69) is 31.3 Å². The minimum atomic E-state index is -0.0745. The summed E-state index contributed by atoms with van der Waals surface area (Å²) in [5.41, 5.74) is 6.18. The van der Waals surface area contributed by atoms with Crippen LogP contribution in [0.1, 0.15) is 46.0 Å². The Morgan fingerprint density at radius 2 is 1.86 bits per heavy atom. The molecule has 0 aliphatic heterocycles. The van der Waals surface area contributed by atoms with Crippen molar-refractivity contribution in [2.45, 2.75) is 46.0 Å². The molecule has 0 rings (SSSR count). The molecule has 0 atom stereocenters. The fraction of sp³-hybridized carbons (Fsp3) is 0.727. The van der Waals surface area contributed by atoms with Gasteiger partial charge >= 0.3 is 0 Å². The van der Waals surface area contributed by atoms with Gasteiger partial charge in [0.1, 0.15) is 0 Å². The highest BCUT2D eigenvalue weighted by atomic mass is 16.2. The Bertz CT molecular complexity index is 178. The molecule has 0 unspecified atom stereocenters. The molecule has 3 nitrogen and oxygen atoms in total.